The predicted octanol–water partition coefficient (Wildman–Crippen LogP) is 3.63. The average molecular weight is 444 g/mol. The first-order valence-electron chi connectivity index (χ1n) is 9.48. The Morgan fingerprint density at radius 3 is 2.70 bits per heavy atom. The zero-order valence-corrected chi connectivity index (χ0v) is 18.4. The van der Waals surface area contributed by atoms with Crippen LogP contribution in [0.2, 0.25) is 5.02 Å². The SMILES string of the molecule is COc1ccc([C@@H]2Nn3c(C)nnc3S[C@@H]2C(=O)NCc2ccc(C)cc2)cc1Cl. The summed E-state index contributed by atoms with van der Waals surface area (Å²) >= 11 is 7.73. The molecule has 0 saturated heterocycles. The molecule has 7 nitrogen and oxygen atoms in total. The molecule has 0 unspecified atom stereocenters. The van der Waals surface area contributed by atoms with Crippen molar-refractivity contribution in [3.8, 4) is 5.75 Å². The second kappa shape index (κ2) is 8.57. The van der Waals surface area contributed by atoms with Crippen LogP contribution in [0.15, 0.2) is 47.6 Å². The summed E-state index contributed by atoms with van der Waals surface area (Å²) in [5.41, 5.74) is 6.48. The van der Waals surface area contributed by atoms with Gasteiger partial charge in [0.25, 0.3) is 0 Å². The van der Waals surface area contributed by atoms with Gasteiger partial charge in [0, 0.05) is 6.54 Å². The molecule has 156 valence electrons. The number of ether oxygens (including phenoxy) is 1. The largest absolute Gasteiger partial charge is 0.495 e. The van der Waals surface area contributed by atoms with E-state index in [1.54, 1.807) is 17.9 Å². The normalized spacial score (nSPS) is 17.7. The highest BCUT2D eigenvalue weighted by atomic mass is 35.5. The van der Waals surface area contributed by atoms with Crippen molar-refractivity contribution in [3.63, 3.8) is 0 Å². The molecule has 0 spiro atoms. The van der Waals surface area contributed by atoms with Crippen LogP contribution in [0.25, 0.3) is 0 Å². The first kappa shape index (κ1) is 20.6. The van der Waals surface area contributed by atoms with Gasteiger partial charge in [0.1, 0.15) is 16.8 Å². The van der Waals surface area contributed by atoms with E-state index >= 15 is 0 Å². The Hall–Kier alpha value is -2.71. The fourth-order valence-electron chi connectivity index (χ4n) is 3.28. The van der Waals surface area contributed by atoms with Crippen LogP contribution in [0.5, 0.6) is 5.75 Å². The summed E-state index contributed by atoms with van der Waals surface area (Å²) < 4.78 is 7.06. The zero-order chi connectivity index (χ0) is 21.3. The Bertz CT molecular complexity index is 1070. The summed E-state index contributed by atoms with van der Waals surface area (Å²) in [7, 11) is 1.57. The van der Waals surface area contributed by atoms with Crippen molar-refractivity contribution in [2.24, 2.45) is 0 Å². The molecule has 2 N–H and O–H groups in total. The smallest absolute Gasteiger partial charge is 0.236 e. The van der Waals surface area contributed by atoms with Crippen molar-refractivity contribution < 1.29 is 9.53 Å². The third kappa shape index (κ3) is 4.11. The van der Waals surface area contributed by atoms with Gasteiger partial charge in [-0.2, -0.15) is 0 Å². The van der Waals surface area contributed by atoms with Gasteiger partial charge >= 0.3 is 0 Å². The molecule has 0 aliphatic carbocycles. The molecule has 9 heteroatoms. The lowest BCUT2D eigenvalue weighted by Crippen LogP contribution is -2.44. The van der Waals surface area contributed by atoms with Gasteiger partial charge in [-0.3, -0.25) is 4.79 Å². The number of halogens is 1. The quantitative estimate of drug-likeness (QED) is 0.626. The maximum atomic E-state index is 13.2. The molecule has 0 bridgehead atoms. The minimum absolute atomic E-state index is 0.0862. The number of aromatic nitrogens is 3. The summed E-state index contributed by atoms with van der Waals surface area (Å²) in [5, 5.41) is 12.0. The van der Waals surface area contributed by atoms with Crippen LogP contribution in [-0.2, 0) is 11.3 Å². The first-order valence-corrected chi connectivity index (χ1v) is 10.7. The van der Waals surface area contributed by atoms with Gasteiger partial charge in [-0.25, -0.2) is 4.68 Å². The Kier molecular flexibility index (Phi) is 5.87. The van der Waals surface area contributed by atoms with Crippen LogP contribution in [0.3, 0.4) is 0 Å². The fraction of sp³-hybridized carbons (Fsp3) is 0.286. The van der Waals surface area contributed by atoms with E-state index in [1.807, 2.05) is 50.2 Å². The Morgan fingerprint density at radius 1 is 1.23 bits per heavy atom. The second-order valence-electron chi connectivity index (χ2n) is 7.11. The fourth-order valence-corrected chi connectivity index (χ4v) is 4.70. The van der Waals surface area contributed by atoms with Crippen LogP contribution >= 0.6 is 23.4 Å². The van der Waals surface area contributed by atoms with Gasteiger partial charge in [-0.15, -0.1) is 10.2 Å². The number of hydrogen-bond acceptors (Lipinski definition) is 6. The molecule has 4 rings (SSSR count). The third-order valence-corrected chi connectivity index (χ3v) is 6.49. The number of amides is 1. The Morgan fingerprint density at radius 2 is 2.00 bits per heavy atom. The number of rotatable bonds is 5. The molecule has 3 aromatic rings. The van der Waals surface area contributed by atoms with Gasteiger partial charge in [0.2, 0.25) is 11.1 Å². The number of carbonyl (C=O) groups excluding carboxylic acids is 1. The van der Waals surface area contributed by atoms with E-state index in [0.717, 1.165) is 17.0 Å². The van der Waals surface area contributed by atoms with Gasteiger partial charge in [-0.1, -0.05) is 59.3 Å². The lowest BCUT2D eigenvalue weighted by Gasteiger charge is -2.33. The van der Waals surface area contributed by atoms with Crippen LogP contribution in [0, 0.1) is 13.8 Å². The third-order valence-electron chi connectivity index (χ3n) is 4.98. The van der Waals surface area contributed by atoms with Gasteiger partial charge < -0.3 is 15.5 Å². The van der Waals surface area contributed by atoms with E-state index in [2.05, 4.69) is 20.9 Å². The van der Waals surface area contributed by atoms with Crippen LogP contribution in [0.4, 0.5) is 0 Å². The number of nitrogens with one attached hydrogen (secondary N) is 2. The maximum Gasteiger partial charge on any atom is 0.236 e. The monoisotopic (exact) mass is 443 g/mol. The number of aryl methyl sites for hydroxylation is 2. The van der Waals surface area contributed by atoms with E-state index in [-0.39, 0.29) is 11.9 Å². The van der Waals surface area contributed by atoms with Gasteiger partial charge in [-0.05, 0) is 37.1 Å². The number of fused-ring (bicyclic) bond motifs is 1. The number of methoxy groups -OCH3 is 1. The van der Waals surface area contributed by atoms with Gasteiger partial charge in [0.05, 0.1) is 18.2 Å². The molecule has 1 amide bonds. The zero-order valence-electron chi connectivity index (χ0n) is 16.8. The lowest BCUT2D eigenvalue weighted by atomic mass is 10.0. The minimum Gasteiger partial charge on any atom is -0.495 e. The van der Waals surface area contributed by atoms with E-state index in [4.69, 9.17) is 16.3 Å². The molecule has 2 heterocycles. The van der Waals surface area contributed by atoms with Gasteiger partial charge in [0.15, 0.2) is 0 Å². The molecule has 30 heavy (non-hydrogen) atoms. The van der Waals surface area contributed by atoms with Crippen molar-refractivity contribution in [2.45, 2.75) is 36.8 Å². The van der Waals surface area contributed by atoms with Crippen LogP contribution in [-0.4, -0.2) is 33.1 Å². The lowest BCUT2D eigenvalue weighted by molar-refractivity contribution is -0.121. The van der Waals surface area contributed by atoms with Crippen molar-refractivity contribution in [3.05, 3.63) is 70.0 Å². The van der Waals surface area contributed by atoms with Crippen molar-refractivity contribution in [2.75, 3.05) is 12.5 Å². The van der Waals surface area contributed by atoms with Crippen LogP contribution in [0.1, 0.15) is 28.6 Å². The number of hydrogen-bond donors (Lipinski definition) is 2. The molecule has 0 saturated carbocycles. The molecular formula is C21H22ClN5O2S. The second-order valence-corrected chi connectivity index (χ2v) is 8.62. The van der Waals surface area contributed by atoms with Crippen molar-refractivity contribution in [1.29, 1.82) is 0 Å². The Balaban J connectivity index is 1.60. The number of thioether (sulfide) groups is 1. The van der Waals surface area contributed by atoms with E-state index < -0.39 is 5.25 Å². The summed E-state index contributed by atoms with van der Waals surface area (Å²) in [6.45, 7) is 4.35. The Labute approximate surface area is 184 Å². The summed E-state index contributed by atoms with van der Waals surface area (Å²) in [5.74, 6) is 1.22. The van der Waals surface area contributed by atoms with Crippen molar-refractivity contribution >= 4 is 29.3 Å². The molecular weight excluding hydrogens is 422 g/mol. The predicted molar refractivity (Wildman–Crippen MR) is 118 cm³/mol. The molecule has 0 fully saturated rings. The number of carbonyl (C=O) groups is 1. The maximum absolute atomic E-state index is 13.2. The highest BCUT2D eigenvalue weighted by Gasteiger charge is 2.37. The van der Waals surface area contributed by atoms with E-state index in [9.17, 15) is 4.79 Å². The first-order chi connectivity index (χ1) is 14.5. The standard InChI is InChI=1S/C21H22ClN5O2S/c1-12-4-6-14(7-5-12)11-23-20(28)19-18(15-8-9-17(29-3)16(22)10-15)26-27-13(2)24-25-21(27)30-19/h4-10,18-19,26H,11H2,1-3H3,(H,23,28)/t18-,19-/m0/s1. The highest BCUT2D eigenvalue weighted by Crippen LogP contribution is 2.38. The van der Waals surface area contributed by atoms with E-state index in [1.165, 1.54) is 17.3 Å². The highest BCUT2D eigenvalue weighted by molar-refractivity contribution is 8.00. The molecule has 1 aliphatic heterocycles. The molecule has 2 aromatic carbocycles. The topological polar surface area (TPSA) is 81.1 Å². The molecule has 1 aromatic heterocycles. The average Bonchev–Trinajstić information content (AvgIpc) is 3.12. The van der Waals surface area contributed by atoms with E-state index in [0.29, 0.717) is 22.5 Å². The summed E-state index contributed by atoms with van der Waals surface area (Å²) in [6, 6.07) is 13.3. The van der Waals surface area contributed by atoms with Crippen molar-refractivity contribution in [1.82, 2.24) is 20.2 Å². The molecule has 0 radical (unpaired) electrons. The number of benzene rings is 2. The summed E-state index contributed by atoms with van der Waals surface area (Å²) in [4.78, 5) is 13.2. The minimum atomic E-state index is -0.448. The number of nitrogens with zero attached hydrogens (tertiary/aromatic N) is 3. The molecule has 2 atom stereocenters. The summed E-state index contributed by atoms with van der Waals surface area (Å²) in [6.07, 6.45) is 0. The van der Waals surface area contributed by atoms with Crippen LogP contribution < -0.4 is 15.5 Å². The molecule has 1 aliphatic rings.